The van der Waals surface area contributed by atoms with Crippen molar-refractivity contribution in [2.75, 3.05) is 13.1 Å². The highest BCUT2D eigenvalue weighted by Crippen LogP contribution is 2.29. The number of hydrogen-bond acceptors (Lipinski definition) is 2. The summed E-state index contributed by atoms with van der Waals surface area (Å²) in [5, 5.41) is 3.95. The largest absolute Gasteiger partial charge is 0.487 e. The van der Waals surface area contributed by atoms with Gasteiger partial charge in [-0.15, -0.1) is 0 Å². The molecule has 0 saturated carbocycles. The van der Waals surface area contributed by atoms with Gasteiger partial charge < -0.3 is 10.1 Å². The number of likely N-dealkylation sites (N-methyl/N-ethyl adjacent to an activating group) is 1. The molecule has 0 aliphatic heterocycles. The quantitative estimate of drug-likeness (QED) is 0.851. The second kappa shape index (κ2) is 7.24. The molecule has 1 atom stereocenters. The van der Waals surface area contributed by atoms with Crippen LogP contribution in [-0.4, -0.2) is 19.2 Å². The maximum Gasteiger partial charge on any atom is 0.139 e. The van der Waals surface area contributed by atoms with E-state index in [0.717, 1.165) is 23.3 Å². The fourth-order valence-electron chi connectivity index (χ4n) is 1.43. The van der Waals surface area contributed by atoms with Crippen LogP contribution in [0.15, 0.2) is 22.7 Å². The van der Waals surface area contributed by atoms with Crippen LogP contribution in [0, 0.1) is 5.92 Å². The predicted octanol–water partition coefficient (Wildman–Crippen LogP) is 4.12. The summed E-state index contributed by atoms with van der Waals surface area (Å²) in [6.07, 6.45) is 0.127. The van der Waals surface area contributed by atoms with Gasteiger partial charge in [-0.25, -0.2) is 0 Å². The Kier molecular flexibility index (Phi) is 6.31. The Labute approximate surface area is 117 Å². The highest BCUT2D eigenvalue weighted by atomic mass is 79.9. The van der Waals surface area contributed by atoms with Crippen molar-refractivity contribution < 1.29 is 4.74 Å². The third kappa shape index (κ3) is 4.86. The van der Waals surface area contributed by atoms with Crippen LogP contribution in [0.2, 0.25) is 5.02 Å². The lowest BCUT2D eigenvalue weighted by Gasteiger charge is -2.23. The molecule has 96 valence electrons. The highest BCUT2D eigenvalue weighted by molar-refractivity contribution is 9.10. The van der Waals surface area contributed by atoms with Gasteiger partial charge in [-0.3, -0.25) is 0 Å². The summed E-state index contributed by atoms with van der Waals surface area (Å²) in [4.78, 5) is 0. The average molecular weight is 321 g/mol. The van der Waals surface area contributed by atoms with Crippen molar-refractivity contribution in [2.45, 2.75) is 26.9 Å². The van der Waals surface area contributed by atoms with Gasteiger partial charge in [0.05, 0.1) is 5.02 Å². The molecule has 0 aliphatic rings. The highest BCUT2D eigenvalue weighted by Gasteiger charge is 2.16. The molecule has 0 saturated heterocycles. The van der Waals surface area contributed by atoms with E-state index in [1.54, 1.807) is 0 Å². The van der Waals surface area contributed by atoms with Gasteiger partial charge in [0.25, 0.3) is 0 Å². The molecule has 2 nitrogen and oxygen atoms in total. The molecule has 1 N–H and O–H groups in total. The van der Waals surface area contributed by atoms with Gasteiger partial charge >= 0.3 is 0 Å². The van der Waals surface area contributed by atoms with Gasteiger partial charge in [0.15, 0.2) is 0 Å². The predicted molar refractivity (Wildman–Crippen MR) is 76.9 cm³/mol. The molecule has 1 aromatic carbocycles. The topological polar surface area (TPSA) is 21.3 Å². The molecule has 0 aliphatic carbocycles. The zero-order valence-corrected chi connectivity index (χ0v) is 12.8. The summed E-state index contributed by atoms with van der Waals surface area (Å²) in [6, 6.07) is 5.65. The number of hydrogen-bond donors (Lipinski definition) is 1. The number of benzene rings is 1. The maximum absolute atomic E-state index is 6.11. The number of nitrogens with one attached hydrogen (secondary N) is 1. The Morgan fingerprint density at radius 1 is 1.41 bits per heavy atom. The van der Waals surface area contributed by atoms with Crippen LogP contribution >= 0.6 is 27.5 Å². The first-order valence-electron chi connectivity index (χ1n) is 5.87. The van der Waals surface area contributed by atoms with E-state index < -0.39 is 0 Å². The Bertz CT molecular complexity index is 357. The van der Waals surface area contributed by atoms with Crippen molar-refractivity contribution in [3.63, 3.8) is 0 Å². The van der Waals surface area contributed by atoms with E-state index in [1.807, 2.05) is 18.2 Å². The van der Waals surface area contributed by atoms with Crippen molar-refractivity contribution in [2.24, 2.45) is 5.92 Å². The molecule has 0 aromatic heterocycles. The van der Waals surface area contributed by atoms with Gasteiger partial charge in [0.2, 0.25) is 0 Å². The summed E-state index contributed by atoms with van der Waals surface area (Å²) in [5.74, 6) is 1.17. The summed E-state index contributed by atoms with van der Waals surface area (Å²) < 4.78 is 6.94. The molecule has 0 heterocycles. The van der Waals surface area contributed by atoms with Gasteiger partial charge in [-0.2, -0.15) is 0 Å². The van der Waals surface area contributed by atoms with Gasteiger partial charge in [0, 0.05) is 11.0 Å². The van der Waals surface area contributed by atoms with Crippen molar-refractivity contribution >= 4 is 27.5 Å². The minimum absolute atomic E-state index is 0.127. The molecule has 0 bridgehead atoms. The van der Waals surface area contributed by atoms with Crippen LogP contribution < -0.4 is 10.1 Å². The number of halogens is 2. The standard InChI is InChI=1S/C13H19BrClNO/c1-4-16-8-13(9(2)3)17-12-7-10(14)5-6-11(12)15/h5-7,9,13,16H,4,8H2,1-3H3. The van der Waals surface area contributed by atoms with Gasteiger partial charge in [-0.1, -0.05) is 48.3 Å². The van der Waals surface area contributed by atoms with Crippen LogP contribution in [-0.2, 0) is 0 Å². The first kappa shape index (κ1) is 14.8. The minimum atomic E-state index is 0.127. The monoisotopic (exact) mass is 319 g/mol. The Hall–Kier alpha value is -0.250. The van der Waals surface area contributed by atoms with Crippen molar-refractivity contribution in [3.8, 4) is 5.75 Å². The van der Waals surface area contributed by atoms with E-state index in [0.29, 0.717) is 10.9 Å². The zero-order chi connectivity index (χ0) is 12.8. The average Bonchev–Trinajstić information content (AvgIpc) is 2.28. The minimum Gasteiger partial charge on any atom is -0.487 e. The van der Waals surface area contributed by atoms with E-state index in [-0.39, 0.29) is 6.10 Å². The third-order valence-corrected chi connectivity index (χ3v) is 3.32. The molecule has 17 heavy (non-hydrogen) atoms. The maximum atomic E-state index is 6.11. The fourth-order valence-corrected chi connectivity index (χ4v) is 1.93. The second-order valence-electron chi connectivity index (χ2n) is 4.28. The molecule has 0 radical (unpaired) electrons. The van der Waals surface area contributed by atoms with E-state index in [4.69, 9.17) is 16.3 Å². The van der Waals surface area contributed by atoms with Gasteiger partial charge in [0.1, 0.15) is 11.9 Å². The molecule has 1 unspecified atom stereocenters. The lowest BCUT2D eigenvalue weighted by atomic mass is 10.1. The molecule has 1 aromatic rings. The Balaban J connectivity index is 2.74. The van der Waals surface area contributed by atoms with Crippen molar-refractivity contribution in [1.82, 2.24) is 5.32 Å². The molecule has 0 amide bonds. The molecular formula is C13H19BrClNO. The van der Waals surface area contributed by atoms with Crippen LogP contribution in [0.3, 0.4) is 0 Å². The van der Waals surface area contributed by atoms with E-state index in [1.165, 1.54) is 0 Å². The number of ether oxygens (including phenoxy) is 1. The van der Waals surface area contributed by atoms with Gasteiger partial charge in [-0.05, 0) is 30.7 Å². The van der Waals surface area contributed by atoms with E-state index >= 15 is 0 Å². The SMILES string of the molecule is CCNCC(Oc1cc(Br)ccc1Cl)C(C)C. The first-order chi connectivity index (χ1) is 8.04. The fraction of sp³-hybridized carbons (Fsp3) is 0.538. The van der Waals surface area contributed by atoms with Crippen molar-refractivity contribution in [1.29, 1.82) is 0 Å². The van der Waals surface area contributed by atoms with E-state index in [9.17, 15) is 0 Å². The second-order valence-corrected chi connectivity index (χ2v) is 5.61. The lowest BCUT2D eigenvalue weighted by Crippen LogP contribution is -2.35. The molecule has 4 heteroatoms. The Morgan fingerprint density at radius 2 is 2.12 bits per heavy atom. The van der Waals surface area contributed by atoms with Crippen LogP contribution in [0.4, 0.5) is 0 Å². The molecular weight excluding hydrogens is 302 g/mol. The zero-order valence-electron chi connectivity index (χ0n) is 10.5. The summed E-state index contributed by atoms with van der Waals surface area (Å²) in [6.45, 7) is 8.15. The lowest BCUT2D eigenvalue weighted by molar-refractivity contribution is 0.149. The number of rotatable bonds is 6. The normalized spacial score (nSPS) is 12.8. The molecule has 0 spiro atoms. The van der Waals surface area contributed by atoms with Crippen molar-refractivity contribution in [3.05, 3.63) is 27.7 Å². The van der Waals surface area contributed by atoms with Crippen LogP contribution in [0.25, 0.3) is 0 Å². The first-order valence-corrected chi connectivity index (χ1v) is 7.04. The summed E-state index contributed by atoms with van der Waals surface area (Å²) in [7, 11) is 0. The van der Waals surface area contributed by atoms with E-state index in [2.05, 4.69) is 42.0 Å². The summed E-state index contributed by atoms with van der Waals surface area (Å²) in [5.41, 5.74) is 0. The molecule has 0 fully saturated rings. The third-order valence-electron chi connectivity index (χ3n) is 2.51. The Morgan fingerprint density at radius 3 is 2.71 bits per heavy atom. The molecule has 1 rings (SSSR count). The van der Waals surface area contributed by atoms with Crippen LogP contribution in [0.1, 0.15) is 20.8 Å². The smallest absolute Gasteiger partial charge is 0.139 e. The summed E-state index contributed by atoms with van der Waals surface area (Å²) >= 11 is 9.53. The van der Waals surface area contributed by atoms with Crippen LogP contribution in [0.5, 0.6) is 5.75 Å².